The molecule has 0 aliphatic heterocycles. The second kappa shape index (κ2) is 8.11. The molecule has 104 valence electrons. The van der Waals surface area contributed by atoms with Gasteiger partial charge in [0.15, 0.2) is 0 Å². The molecule has 4 heteroatoms. The van der Waals surface area contributed by atoms with Gasteiger partial charge in [0.1, 0.15) is 0 Å². The van der Waals surface area contributed by atoms with Crippen LogP contribution < -0.4 is 0 Å². The van der Waals surface area contributed by atoms with Crippen molar-refractivity contribution in [2.45, 2.75) is 64.0 Å². The molecule has 0 atom stereocenters. The van der Waals surface area contributed by atoms with E-state index in [9.17, 15) is 9.59 Å². The van der Waals surface area contributed by atoms with Gasteiger partial charge in [-0.05, 0) is 25.6 Å². The summed E-state index contributed by atoms with van der Waals surface area (Å²) >= 11 is 0. The van der Waals surface area contributed by atoms with Gasteiger partial charge in [-0.3, -0.25) is 9.59 Å². The van der Waals surface area contributed by atoms with E-state index in [1.165, 1.54) is 0 Å². The van der Waals surface area contributed by atoms with Gasteiger partial charge in [0, 0.05) is 16.4 Å². The van der Waals surface area contributed by atoms with Crippen molar-refractivity contribution in [1.82, 2.24) is 0 Å². The minimum atomic E-state index is -3.86. The van der Waals surface area contributed by atoms with Crippen LogP contribution >= 0.6 is 0 Å². The molecule has 0 heterocycles. The summed E-state index contributed by atoms with van der Waals surface area (Å²) in [6.07, 6.45) is -14.9. The Balaban J connectivity index is 0.000000375. The Morgan fingerprint density at radius 1 is 0.889 bits per heavy atom. The van der Waals surface area contributed by atoms with Gasteiger partial charge in [-0.1, -0.05) is 38.4 Å². The van der Waals surface area contributed by atoms with Crippen molar-refractivity contribution < 1.29 is 36.3 Å². The highest BCUT2D eigenvalue weighted by Gasteiger charge is 2.20. The molecule has 0 aromatic carbocycles. The molecule has 0 radical (unpaired) electrons. The first-order valence-corrected chi connectivity index (χ1v) is 5.56. The minimum Gasteiger partial charge on any atom is -0.481 e. The summed E-state index contributed by atoms with van der Waals surface area (Å²) in [6, 6.07) is 0. The third kappa shape index (κ3) is 5.52. The van der Waals surface area contributed by atoms with Crippen LogP contribution in [-0.4, -0.2) is 22.2 Å². The summed E-state index contributed by atoms with van der Waals surface area (Å²) in [7, 11) is 0. The molecule has 2 N–H and O–H groups in total. The van der Waals surface area contributed by atoms with E-state index in [1.807, 2.05) is 0 Å². The zero-order valence-electron chi connectivity index (χ0n) is 21.7. The Morgan fingerprint density at radius 3 is 1.78 bits per heavy atom. The lowest BCUT2D eigenvalue weighted by atomic mass is 9.90. The third-order valence-corrected chi connectivity index (χ3v) is 2.47. The quantitative estimate of drug-likeness (QED) is 0.805. The highest BCUT2D eigenvalue weighted by Crippen LogP contribution is 2.23. The van der Waals surface area contributed by atoms with Crippen LogP contribution in [0.2, 0.25) is 0 Å². The van der Waals surface area contributed by atoms with Crippen LogP contribution in [0.1, 0.15) is 80.4 Å². The molecule has 4 nitrogen and oxygen atoms in total. The Labute approximate surface area is 125 Å². The Kier molecular flexibility index (Phi) is 2.32. The number of carboxylic acid groups (broad SMARTS) is 2. The molecular formula is C14H24O4. The van der Waals surface area contributed by atoms with E-state index in [0.717, 1.165) is 19.3 Å². The van der Waals surface area contributed by atoms with Crippen LogP contribution in [0.25, 0.3) is 0 Å². The lowest BCUT2D eigenvalue weighted by molar-refractivity contribution is -0.143. The summed E-state index contributed by atoms with van der Waals surface area (Å²) in [4.78, 5) is 21.7. The fourth-order valence-corrected chi connectivity index (χ4v) is 1.55. The van der Waals surface area contributed by atoms with Gasteiger partial charge in [-0.25, -0.2) is 0 Å². The summed E-state index contributed by atoms with van der Waals surface area (Å²) < 4.78 is 89.6. The number of aliphatic carboxylic acids is 2. The zero-order chi connectivity index (χ0) is 24.2. The lowest BCUT2D eigenvalue weighted by Crippen LogP contribution is -2.16. The molecule has 0 aromatic heterocycles. The number of rotatable bonds is 2. The van der Waals surface area contributed by atoms with Crippen LogP contribution in [0.3, 0.4) is 0 Å². The number of hydrogen-bond acceptors (Lipinski definition) is 2. The van der Waals surface area contributed by atoms with Gasteiger partial charge in [-0.2, -0.15) is 0 Å². The summed E-state index contributed by atoms with van der Waals surface area (Å²) in [6.45, 7) is 0. The second-order valence-corrected chi connectivity index (χ2v) is 3.77. The highest BCUT2D eigenvalue weighted by atomic mass is 16.4. The number of hydrogen-bond donors (Lipinski definition) is 2. The predicted octanol–water partition coefficient (Wildman–Crippen LogP) is 3.30. The zero-order valence-corrected chi connectivity index (χ0v) is 9.75. The lowest BCUT2D eigenvalue weighted by Gasteiger charge is -2.16. The van der Waals surface area contributed by atoms with Crippen molar-refractivity contribution >= 4 is 11.9 Å². The summed E-state index contributed by atoms with van der Waals surface area (Å²) in [5, 5.41) is 17.6. The van der Waals surface area contributed by atoms with Crippen LogP contribution in [-0.2, 0) is 9.59 Å². The van der Waals surface area contributed by atoms with Gasteiger partial charge >= 0.3 is 11.9 Å². The molecule has 0 saturated heterocycles. The Bertz CT molecular complexity index is 669. The van der Waals surface area contributed by atoms with E-state index in [2.05, 4.69) is 0 Å². The van der Waals surface area contributed by atoms with Crippen LogP contribution in [0.5, 0.6) is 0 Å². The SMILES string of the molecule is [2H]C1(C(=O)O)CCCCC1.[2H]C1([2H])C([2H])([2H])C([2H])([2H])C([2H])(C(=O)O)C([2H])([2H])C1([2H])[2H]. The molecule has 18 heavy (non-hydrogen) atoms. The average molecular weight is 268 g/mol. The molecule has 2 saturated carbocycles. The van der Waals surface area contributed by atoms with Gasteiger partial charge in [0.25, 0.3) is 0 Å². The maximum atomic E-state index is 11.2. The molecule has 2 fully saturated rings. The highest BCUT2D eigenvalue weighted by molar-refractivity contribution is 5.70. The predicted molar refractivity (Wildman–Crippen MR) is 68.4 cm³/mol. The third-order valence-electron chi connectivity index (χ3n) is 2.47. The monoisotopic (exact) mass is 268 g/mol. The Morgan fingerprint density at radius 2 is 1.39 bits per heavy atom. The topological polar surface area (TPSA) is 74.6 Å². The molecule has 2 aliphatic carbocycles. The number of carboxylic acids is 2. The molecule has 0 bridgehead atoms. The molecule has 0 amide bonds. The van der Waals surface area contributed by atoms with Crippen LogP contribution in [0.4, 0.5) is 0 Å². The van der Waals surface area contributed by atoms with Crippen molar-refractivity contribution in [3.63, 3.8) is 0 Å². The smallest absolute Gasteiger partial charge is 0.306 e. The van der Waals surface area contributed by atoms with Gasteiger partial charge in [0.05, 0.1) is 11.8 Å². The van der Waals surface area contributed by atoms with Crippen molar-refractivity contribution in [3.8, 4) is 0 Å². The molecule has 0 spiro atoms. The van der Waals surface area contributed by atoms with Crippen molar-refractivity contribution in [2.24, 2.45) is 11.8 Å². The molecule has 2 rings (SSSR count). The first kappa shape index (κ1) is 5.14. The van der Waals surface area contributed by atoms with Crippen molar-refractivity contribution in [1.29, 1.82) is 0 Å². The standard InChI is InChI=1S/2C7H12O2/c2*8-7(9)6-4-2-1-3-5-6/h2*6H,1-5H2,(H,8,9)/i1D2,2D2,3D2,4D2,5D2,6D;6D. The van der Waals surface area contributed by atoms with E-state index in [4.69, 9.17) is 26.7 Å². The van der Waals surface area contributed by atoms with E-state index >= 15 is 0 Å². The maximum absolute atomic E-state index is 11.2. The molecular weight excluding hydrogens is 232 g/mol. The van der Waals surface area contributed by atoms with E-state index < -0.39 is 55.6 Å². The average Bonchev–Trinajstić information content (AvgIpc) is 2.60. The number of carbonyl (C=O) groups is 2. The van der Waals surface area contributed by atoms with Crippen LogP contribution in [0, 0.1) is 11.8 Å². The first-order valence-electron chi connectivity index (χ1n) is 11.6. The van der Waals surface area contributed by atoms with E-state index in [-0.39, 0.29) is 0 Å². The second-order valence-electron chi connectivity index (χ2n) is 3.77. The van der Waals surface area contributed by atoms with Gasteiger partial charge in [0.2, 0.25) is 0 Å². The molecule has 0 aromatic rings. The van der Waals surface area contributed by atoms with E-state index in [0.29, 0.717) is 12.8 Å². The molecule has 2 aliphatic rings. The van der Waals surface area contributed by atoms with Crippen molar-refractivity contribution in [3.05, 3.63) is 0 Å². The van der Waals surface area contributed by atoms with Crippen LogP contribution in [0.15, 0.2) is 0 Å². The van der Waals surface area contributed by atoms with E-state index in [1.54, 1.807) is 0 Å². The minimum absolute atomic E-state index is 0.530. The first-order chi connectivity index (χ1) is 13.1. The largest absolute Gasteiger partial charge is 0.481 e. The normalized spacial score (nSPS) is 49.1. The maximum Gasteiger partial charge on any atom is 0.306 e. The Hall–Kier alpha value is -1.06. The summed E-state index contributed by atoms with van der Waals surface area (Å²) in [5.41, 5.74) is 0. The fourth-order valence-electron chi connectivity index (χ4n) is 1.55. The van der Waals surface area contributed by atoms with Gasteiger partial charge < -0.3 is 10.2 Å². The molecule has 0 unspecified atom stereocenters. The van der Waals surface area contributed by atoms with Crippen molar-refractivity contribution in [2.75, 3.05) is 0 Å². The fraction of sp³-hybridized carbons (Fsp3) is 0.857. The van der Waals surface area contributed by atoms with Gasteiger partial charge in [-0.15, -0.1) is 0 Å². The summed E-state index contributed by atoms with van der Waals surface area (Å²) in [5.74, 6) is -8.38.